The standard InChI is InChI=1S/C21H22FN5O/c1-25(2)19-17-5-3-4-6-18(17)23-21(24-19)27-13-11-26(12-14-27)20(28)15-7-9-16(22)10-8-15/h3-10H,11-14H2,1-2H3. The van der Waals surface area contributed by atoms with Gasteiger partial charge in [-0.05, 0) is 36.4 Å². The Labute approximate surface area is 163 Å². The number of aromatic nitrogens is 2. The summed E-state index contributed by atoms with van der Waals surface area (Å²) < 4.78 is 13.1. The van der Waals surface area contributed by atoms with Crippen molar-refractivity contribution in [3.05, 3.63) is 59.9 Å². The topological polar surface area (TPSA) is 52.6 Å². The molecule has 7 heteroatoms. The van der Waals surface area contributed by atoms with Gasteiger partial charge in [0.25, 0.3) is 5.91 Å². The maximum atomic E-state index is 13.1. The second kappa shape index (κ2) is 7.42. The van der Waals surface area contributed by atoms with Crippen molar-refractivity contribution in [1.82, 2.24) is 14.9 Å². The van der Waals surface area contributed by atoms with Gasteiger partial charge in [-0.15, -0.1) is 0 Å². The molecule has 1 aliphatic rings. The first-order valence-corrected chi connectivity index (χ1v) is 9.27. The summed E-state index contributed by atoms with van der Waals surface area (Å²) in [6.07, 6.45) is 0. The third-order valence-corrected chi connectivity index (χ3v) is 4.94. The van der Waals surface area contributed by atoms with Crippen molar-refractivity contribution in [2.24, 2.45) is 0 Å². The minimum absolute atomic E-state index is 0.0759. The first-order valence-electron chi connectivity index (χ1n) is 9.27. The normalized spacial score (nSPS) is 14.4. The van der Waals surface area contributed by atoms with Crippen LogP contribution in [0.15, 0.2) is 48.5 Å². The van der Waals surface area contributed by atoms with Crippen LogP contribution in [0.1, 0.15) is 10.4 Å². The fourth-order valence-corrected chi connectivity index (χ4v) is 3.41. The number of hydrogen-bond acceptors (Lipinski definition) is 5. The van der Waals surface area contributed by atoms with Crippen molar-refractivity contribution < 1.29 is 9.18 Å². The molecule has 3 aromatic rings. The smallest absolute Gasteiger partial charge is 0.253 e. The molecule has 6 nitrogen and oxygen atoms in total. The Hall–Kier alpha value is -3.22. The van der Waals surface area contributed by atoms with E-state index in [9.17, 15) is 9.18 Å². The number of carbonyl (C=O) groups excluding carboxylic acids is 1. The Morgan fingerprint density at radius 2 is 1.64 bits per heavy atom. The molecule has 1 amide bonds. The SMILES string of the molecule is CN(C)c1nc(N2CCN(C(=O)c3ccc(F)cc3)CC2)nc2ccccc12. The highest BCUT2D eigenvalue weighted by Gasteiger charge is 2.24. The van der Waals surface area contributed by atoms with Gasteiger partial charge in [-0.2, -0.15) is 4.98 Å². The molecule has 1 aromatic heterocycles. The molecule has 1 fully saturated rings. The molecule has 0 spiro atoms. The molecule has 0 unspecified atom stereocenters. The Bertz CT molecular complexity index is 997. The molecule has 1 saturated heterocycles. The summed E-state index contributed by atoms with van der Waals surface area (Å²) in [6, 6.07) is 13.6. The van der Waals surface area contributed by atoms with Crippen molar-refractivity contribution in [2.75, 3.05) is 50.1 Å². The second-order valence-corrected chi connectivity index (χ2v) is 7.04. The van der Waals surface area contributed by atoms with Gasteiger partial charge in [0.2, 0.25) is 5.95 Å². The number of anilines is 2. The van der Waals surface area contributed by atoms with Crippen LogP contribution in [0.3, 0.4) is 0 Å². The minimum atomic E-state index is -0.341. The highest BCUT2D eigenvalue weighted by atomic mass is 19.1. The average molecular weight is 379 g/mol. The number of benzene rings is 2. The van der Waals surface area contributed by atoms with E-state index in [0.717, 1.165) is 16.7 Å². The molecule has 2 aromatic carbocycles. The Kier molecular flexibility index (Phi) is 4.81. The lowest BCUT2D eigenvalue weighted by molar-refractivity contribution is 0.0746. The van der Waals surface area contributed by atoms with Crippen molar-refractivity contribution in [1.29, 1.82) is 0 Å². The number of rotatable bonds is 3. The van der Waals surface area contributed by atoms with Gasteiger partial charge in [0, 0.05) is 51.2 Å². The van der Waals surface area contributed by atoms with Crippen LogP contribution in [0.4, 0.5) is 16.2 Å². The predicted octanol–water partition coefficient (Wildman–Crippen LogP) is 2.80. The molecule has 0 atom stereocenters. The van der Waals surface area contributed by atoms with Crippen LogP contribution in [0.25, 0.3) is 10.9 Å². The fourth-order valence-electron chi connectivity index (χ4n) is 3.41. The van der Waals surface area contributed by atoms with E-state index in [0.29, 0.717) is 37.7 Å². The van der Waals surface area contributed by atoms with Crippen molar-refractivity contribution in [3.8, 4) is 0 Å². The van der Waals surface area contributed by atoms with Crippen LogP contribution >= 0.6 is 0 Å². The van der Waals surface area contributed by atoms with E-state index in [2.05, 4.69) is 4.90 Å². The van der Waals surface area contributed by atoms with E-state index in [-0.39, 0.29) is 11.7 Å². The molecule has 1 aliphatic heterocycles. The third kappa shape index (κ3) is 3.47. The van der Waals surface area contributed by atoms with Crippen LogP contribution in [-0.2, 0) is 0 Å². The Morgan fingerprint density at radius 3 is 2.32 bits per heavy atom. The minimum Gasteiger partial charge on any atom is -0.362 e. The fraction of sp³-hybridized carbons (Fsp3) is 0.286. The molecule has 0 bridgehead atoms. The Balaban J connectivity index is 1.52. The highest BCUT2D eigenvalue weighted by molar-refractivity contribution is 5.94. The molecule has 28 heavy (non-hydrogen) atoms. The van der Waals surface area contributed by atoms with Gasteiger partial charge in [-0.3, -0.25) is 4.79 Å². The van der Waals surface area contributed by atoms with Gasteiger partial charge in [0.1, 0.15) is 11.6 Å². The summed E-state index contributed by atoms with van der Waals surface area (Å²) in [6.45, 7) is 2.45. The summed E-state index contributed by atoms with van der Waals surface area (Å²) in [5, 5.41) is 1.02. The second-order valence-electron chi connectivity index (χ2n) is 7.04. The average Bonchev–Trinajstić information content (AvgIpc) is 2.73. The van der Waals surface area contributed by atoms with Gasteiger partial charge in [-0.25, -0.2) is 9.37 Å². The number of amides is 1. The van der Waals surface area contributed by atoms with Gasteiger partial charge in [0.05, 0.1) is 5.52 Å². The van der Waals surface area contributed by atoms with Crippen LogP contribution in [0, 0.1) is 5.82 Å². The van der Waals surface area contributed by atoms with E-state index in [1.807, 2.05) is 43.3 Å². The van der Waals surface area contributed by atoms with Crippen molar-refractivity contribution in [2.45, 2.75) is 0 Å². The van der Waals surface area contributed by atoms with Crippen LogP contribution in [-0.4, -0.2) is 61.0 Å². The zero-order valence-corrected chi connectivity index (χ0v) is 16.0. The van der Waals surface area contributed by atoms with E-state index < -0.39 is 0 Å². The predicted molar refractivity (Wildman–Crippen MR) is 108 cm³/mol. The zero-order chi connectivity index (χ0) is 19.7. The van der Waals surface area contributed by atoms with Gasteiger partial charge in [0.15, 0.2) is 0 Å². The molecule has 144 valence electrons. The summed E-state index contributed by atoms with van der Waals surface area (Å²) in [4.78, 5) is 28.0. The molecule has 0 radical (unpaired) electrons. The number of fused-ring (bicyclic) bond motifs is 1. The molecule has 2 heterocycles. The highest BCUT2D eigenvalue weighted by Crippen LogP contribution is 2.25. The zero-order valence-electron chi connectivity index (χ0n) is 16.0. The quantitative estimate of drug-likeness (QED) is 0.701. The van der Waals surface area contributed by atoms with Gasteiger partial charge in [-0.1, -0.05) is 12.1 Å². The van der Waals surface area contributed by atoms with Crippen LogP contribution in [0.2, 0.25) is 0 Å². The number of para-hydroxylation sites is 1. The lowest BCUT2D eigenvalue weighted by Crippen LogP contribution is -2.49. The molecule has 4 rings (SSSR count). The monoisotopic (exact) mass is 379 g/mol. The molecular weight excluding hydrogens is 357 g/mol. The van der Waals surface area contributed by atoms with E-state index in [4.69, 9.17) is 9.97 Å². The van der Waals surface area contributed by atoms with Crippen LogP contribution in [0.5, 0.6) is 0 Å². The van der Waals surface area contributed by atoms with Gasteiger partial charge >= 0.3 is 0 Å². The maximum absolute atomic E-state index is 13.1. The molecular formula is C21H22FN5O. The molecule has 0 aliphatic carbocycles. The lowest BCUT2D eigenvalue weighted by Gasteiger charge is -2.35. The van der Waals surface area contributed by atoms with E-state index in [1.54, 1.807) is 4.90 Å². The summed E-state index contributed by atoms with van der Waals surface area (Å²) in [5.41, 5.74) is 1.41. The number of nitrogens with zero attached hydrogens (tertiary/aromatic N) is 5. The summed E-state index contributed by atoms with van der Waals surface area (Å²) in [5.74, 6) is 1.14. The maximum Gasteiger partial charge on any atom is 0.253 e. The molecule has 0 N–H and O–H groups in total. The number of piperazine rings is 1. The number of halogens is 1. The summed E-state index contributed by atoms with van der Waals surface area (Å²) >= 11 is 0. The number of hydrogen-bond donors (Lipinski definition) is 0. The van der Waals surface area contributed by atoms with E-state index >= 15 is 0 Å². The first-order chi connectivity index (χ1) is 13.5. The van der Waals surface area contributed by atoms with Crippen LogP contribution < -0.4 is 9.80 Å². The van der Waals surface area contributed by atoms with Gasteiger partial charge < -0.3 is 14.7 Å². The molecule has 0 saturated carbocycles. The largest absolute Gasteiger partial charge is 0.362 e. The Morgan fingerprint density at radius 1 is 0.964 bits per heavy atom. The number of carbonyl (C=O) groups is 1. The van der Waals surface area contributed by atoms with Crippen molar-refractivity contribution >= 4 is 28.6 Å². The van der Waals surface area contributed by atoms with E-state index in [1.165, 1.54) is 24.3 Å². The lowest BCUT2D eigenvalue weighted by atomic mass is 10.2. The first kappa shape index (κ1) is 18.2. The summed E-state index contributed by atoms with van der Waals surface area (Å²) in [7, 11) is 3.94. The van der Waals surface area contributed by atoms with Crippen molar-refractivity contribution in [3.63, 3.8) is 0 Å². The third-order valence-electron chi connectivity index (χ3n) is 4.94.